The summed E-state index contributed by atoms with van der Waals surface area (Å²) < 4.78 is 26.6. The number of anilines is 1. The lowest BCUT2D eigenvalue weighted by Crippen LogP contribution is -2.38. The van der Waals surface area contributed by atoms with Gasteiger partial charge in [0.25, 0.3) is 0 Å². The van der Waals surface area contributed by atoms with E-state index >= 15 is 0 Å². The first-order valence-corrected chi connectivity index (χ1v) is 8.20. The lowest BCUT2D eigenvalue weighted by molar-refractivity contribution is 0.288. The number of nitrogens with two attached hydrogens (primary N) is 1. The van der Waals surface area contributed by atoms with E-state index in [1.54, 1.807) is 13.0 Å². The molecule has 1 aliphatic rings. The van der Waals surface area contributed by atoms with Crippen molar-refractivity contribution in [2.45, 2.75) is 31.6 Å². The summed E-state index contributed by atoms with van der Waals surface area (Å²) in [6.07, 6.45) is 1.77. The van der Waals surface area contributed by atoms with Crippen LogP contribution in [0.4, 0.5) is 5.69 Å². The summed E-state index contributed by atoms with van der Waals surface area (Å²) in [5.74, 6) is 0.574. The van der Waals surface area contributed by atoms with Gasteiger partial charge in [0.1, 0.15) is 4.90 Å². The number of sulfonamides is 1. The first kappa shape index (κ1) is 14.6. The Balaban J connectivity index is 2.37. The molecule has 1 aromatic rings. The predicted octanol–water partition coefficient (Wildman–Crippen LogP) is 2.65. The number of benzene rings is 1. The third kappa shape index (κ3) is 2.88. The van der Waals surface area contributed by atoms with E-state index in [0.717, 1.165) is 18.4 Å². The highest BCUT2D eigenvalue weighted by Crippen LogP contribution is 2.31. The van der Waals surface area contributed by atoms with Gasteiger partial charge in [-0.2, -0.15) is 4.31 Å². The zero-order valence-electron chi connectivity index (χ0n) is 11.2. The Morgan fingerprint density at radius 1 is 1.32 bits per heavy atom. The standard InChI is InChI=1S/C13H19ClN2O2S/c1-9-3-5-16(6-4-9)19(17,18)13-8-12(15)10(2)7-11(13)14/h7-9H,3-6,15H2,1-2H3. The topological polar surface area (TPSA) is 63.4 Å². The minimum atomic E-state index is -3.53. The maximum atomic E-state index is 12.6. The van der Waals surface area contributed by atoms with Crippen LogP contribution in [0.25, 0.3) is 0 Å². The Kier molecular flexibility index (Phi) is 4.08. The minimum Gasteiger partial charge on any atom is -0.398 e. The van der Waals surface area contributed by atoms with E-state index < -0.39 is 10.0 Å². The first-order valence-electron chi connectivity index (χ1n) is 6.38. The fourth-order valence-electron chi connectivity index (χ4n) is 2.23. The van der Waals surface area contributed by atoms with Crippen molar-refractivity contribution in [1.29, 1.82) is 0 Å². The SMILES string of the molecule is Cc1cc(Cl)c(S(=O)(=O)N2CCC(C)CC2)cc1N. The molecule has 106 valence electrons. The molecule has 6 heteroatoms. The molecule has 0 unspecified atom stereocenters. The molecule has 1 fully saturated rings. The number of hydrogen-bond acceptors (Lipinski definition) is 3. The van der Waals surface area contributed by atoms with E-state index in [1.807, 2.05) is 0 Å². The van der Waals surface area contributed by atoms with Gasteiger partial charge in [0, 0.05) is 18.8 Å². The largest absolute Gasteiger partial charge is 0.398 e. The van der Waals surface area contributed by atoms with Gasteiger partial charge < -0.3 is 5.73 Å². The monoisotopic (exact) mass is 302 g/mol. The molecule has 0 amide bonds. The van der Waals surface area contributed by atoms with Crippen LogP contribution in [0.3, 0.4) is 0 Å². The zero-order valence-corrected chi connectivity index (χ0v) is 12.8. The van der Waals surface area contributed by atoms with Gasteiger partial charge in [-0.3, -0.25) is 0 Å². The maximum Gasteiger partial charge on any atom is 0.244 e. The van der Waals surface area contributed by atoms with E-state index in [9.17, 15) is 8.42 Å². The fourth-order valence-corrected chi connectivity index (χ4v) is 4.29. The number of halogens is 1. The van der Waals surface area contributed by atoms with E-state index in [1.165, 1.54) is 10.4 Å². The average molecular weight is 303 g/mol. The number of piperidine rings is 1. The van der Waals surface area contributed by atoms with Gasteiger partial charge in [0.05, 0.1) is 5.02 Å². The van der Waals surface area contributed by atoms with Crippen LogP contribution in [0.1, 0.15) is 25.3 Å². The van der Waals surface area contributed by atoms with Crippen molar-refractivity contribution in [3.8, 4) is 0 Å². The third-order valence-electron chi connectivity index (χ3n) is 3.68. The highest BCUT2D eigenvalue weighted by atomic mass is 35.5. The van der Waals surface area contributed by atoms with Crippen LogP contribution in [-0.4, -0.2) is 25.8 Å². The van der Waals surface area contributed by atoms with Crippen LogP contribution in [0.15, 0.2) is 17.0 Å². The molecule has 0 spiro atoms. The highest BCUT2D eigenvalue weighted by Gasteiger charge is 2.30. The molecule has 1 aliphatic heterocycles. The normalized spacial score (nSPS) is 18.7. The molecule has 1 heterocycles. The fraction of sp³-hybridized carbons (Fsp3) is 0.538. The predicted molar refractivity (Wildman–Crippen MR) is 77.8 cm³/mol. The molecule has 19 heavy (non-hydrogen) atoms. The molecular formula is C13H19ClN2O2S. The van der Waals surface area contributed by atoms with Gasteiger partial charge in [-0.25, -0.2) is 8.42 Å². The van der Waals surface area contributed by atoms with E-state index in [4.69, 9.17) is 17.3 Å². The van der Waals surface area contributed by atoms with E-state index in [2.05, 4.69) is 6.92 Å². The number of hydrogen-bond donors (Lipinski definition) is 1. The number of nitrogen functional groups attached to an aromatic ring is 1. The molecule has 0 bridgehead atoms. The Morgan fingerprint density at radius 2 is 1.89 bits per heavy atom. The lowest BCUT2D eigenvalue weighted by atomic mass is 10.0. The summed E-state index contributed by atoms with van der Waals surface area (Å²) in [5.41, 5.74) is 7.04. The molecule has 0 saturated carbocycles. The van der Waals surface area contributed by atoms with Crippen molar-refractivity contribution in [1.82, 2.24) is 4.31 Å². The van der Waals surface area contributed by atoms with Gasteiger partial charge >= 0.3 is 0 Å². The third-order valence-corrected chi connectivity index (χ3v) is 6.04. The second kappa shape index (κ2) is 5.31. The molecule has 0 atom stereocenters. The Hall–Kier alpha value is -0.780. The lowest BCUT2D eigenvalue weighted by Gasteiger charge is -2.29. The van der Waals surface area contributed by atoms with E-state index in [0.29, 0.717) is 24.7 Å². The van der Waals surface area contributed by atoms with Crippen LogP contribution in [0.2, 0.25) is 5.02 Å². The molecule has 4 nitrogen and oxygen atoms in total. The van der Waals surface area contributed by atoms with Crippen LogP contribution in [0, 0.1) is 12.8 Å². The molecular weight excluding hydrogens is 284 g/mol. The van der Waals surface area contributed by atoms with Gasteiger partial charge in [-0.05, 0) is 43.4 Å². The highest BCUT2D eigenvalue weighted by molar-refractivity contribution is 7.89. The Morgan fingerprint density at radius 3 is 2.47 bits per heavy atom. The molecule has 0 radical (unpaired) electrons. The number of rotatable bonds is 2. The minimum absolute atomic E-state index is 0.117. The van der Waals surface area contributed by atoms with Crippen molar-refractivity contribution in [3.63, 3.8) is 0 Å². The van der Waals surface area contributed by atoms with Crippen LogP contribution < -0.4 is 5.73 Å². The van der Waals surface area contributed by atoms with Crippen LogP contribution in [0.5, 0.6) is 0 Å². The van der Waals surface area contributed by atoms with Crippen LogP contribution in [-0.2, 0) is 10.0 Å². The summed E-state index contributed by atoms with van der Waals surface area (Å²) in [4.78, 5) is 0.117. The number of aryl methyl sites for hydroxylation is 1. The second-order valence-electron chi connectivity index (χ2n) is 5.23. The molecule has 0 aliphatic carbocycles. The van der Waals surface area contributed by atoms with E-state index in [-0.39, 0.29) is 9.92 Å². The first-order chi connectivity index (χ1) is 8.82. The van der Waals surface area contributed by atoms with Crippen molar-refractivity contribution >= 4 is 27.3 Å². The van der Waals surface area contributed by atoms with Gasteiger partial charge in [-0.1, -0.05) is 18.5 Å². The van der Waals surface area contributed by atoms with Gasteiger partial charge in [-0.15, -0.1) is 0 Å². The average Bonchev–Trinajstić information content (AvgIpc) is 2.34. The summed E-state index contributed by atoms with van der Waals surface area (Å²) in [5, 5.41) is 0.241. The summed E-state index contributed by atoms with van der Waals surface area (Å²) >= 11 is 6.07. The zero-order chi connectivity index (χ0) is 14.2. The molecule has 1 aromatic carbocycles. The van der Waals surface area contributed by atoms with Crippen molar-refractivity contribution in [3.05, 3.63) is 22.7 Å². The number of nitrogens with zero attached hydrogens (tertiary/aromatic N) is 1. The smallest absolute Gasteiger partial charge is 0.244 e. The summed E-state index contributed by atoms with van der Waals surface area (Å²) in [6, 6.07) is 3.07. The maximum absolute atomic E-state index is 12.6. The Labute approximate surface area is 119 Å². The molecule has 1 saturated heterocycles. The van der Waals surface area contributed by atoms with Gasteiger partial charge in [0.2, 0.25) is 10.0 Å². The summed E-state index contributed by atoms with van der Waals surface area (Å²) in [7, 11) is -3.53. The van der Waals surface area contributed by atoms with Crippen molar-refractivity contribution in [2.24, 2.45) is 5.92 Å². The van der Waals surface area contributed by atoms with Crippen LogP contribution >= 0.6 is 11.6 Å². The van der Waals surface area contributed by atoms with Crippen molar-refractivity contribution in [2.75, 3.05) is 18.8 Å². The Bertz CT molecular complexity index is 579. The van der Waals surface area contributed by atoms with Crippen molar-refractivity contribution < 1.29 is 8.42 Å². The summed E-state index contributed by atoms with van der Waals surface area (Å²) in [6.45, 7) is 5.04. The quantitative estimate of drug-likeness (QED) is 0.854. The second-order valence-corrected chi connectivity index (χ2v) is 7.54. The molecule has 2 N–H and O–H groups in total. The molecule has 0 aromatic heterocycles. The van der Waals surface area contributed by atoms with Gasteiger partial charge in [0.15, 0.2) is 0 Å². The molecule has 2 rings (SSSR count).